The number of carbonyl (C=O) groups is 2. The minimum absolute atomic E-state index is 0.0868. The Kier molecular flexibility index (Phi) is 3.07. The van der Waals surface area contributed by atoms with Crippen molar-refractivity contribution < 1.29 is 9.59 Å². The van der Waals surface area contributed by atoms with E-state index < -0.39 is 0 Å². The van der Waals surface area contributed by atoms with Gasteiger partial charge in [0, 0.05) is 36.1 Å². The molecule has 7 heteroatoms. The van der Waals surface area contributed by atoms with Gasteiger partial charge in [0.1, 0.15) is 0 Å². The quantitative estimate of drug-likeness (QED) is 0.860. The third kappa shape index (κ3) is 2.12. The van der Waals surface area contributed by atoms with Crippen molar-refractivity contribution in [3.8, 4) is 0 Å². The molecule has 1 fully saturated rings. The van der Waals surface area contributed by atoms with Gasteiger partial charge < -0.3 is 0 Å². The normalized spacial score (nSPS) is 20.8. The van der Waals surface area contributed by atoms with Gasteiger partial charge in [-0.3, -0.25) is 19.6 Å². The predicted molar refractivity (Wildman–Crippen MR) is 75.7 cm³/mol. The molecule has 2 atom stereocenters. The number of nitrogens with one attached hydrogen (secondary N) is 1. The highest BCUT2D eigenvalue weighted by Crippen LogP contribution is 2.23. The van der Waals surface area contributed by atoms with Crippen LogP contribution in [0.4, 0.5) is 0 Å². The molecule has 0 bridgehead atoms. The van der Waals surface area contributed by atoms with E-state index in [-0.39, 0.29) is 23.7 Å². The summed E-state index contributed by atoms with van der Waals surface area (Å²) < 4.78 is 1.65. The second-order valence-corrected chi connectivity index (χ2v) is 5.92. The molecule has 0 aliphatic carbocycles. The van der Waals surface area contributed by atoms with Gasteiger partial charge in [0.25, 0.3) is 0 Å². The topological polar surface area (TPSA) is 83.4 Å². The van der Waals surface area contributed by atoms with Gasteiger partial charge in [-0.25, -0.2) is 4.98 Å². The first-order valence-corrected chi connectivity index (χ1v) is 7.14. The molecule has 0 aromatic carbocycles. The summed E-state index contributed by atoms with van der Waals surface area (Å²) in [7, 11) is 0. The Bertz CT molecular complexity index is 729. The summed E-state index contributed by atoms with van der Waals surface area (Å²) >= 11 is 0. The summed E-state index contributed by atoms with van der Waals surface area (Å²) in [5.41, 5.74) is 2.88. The number of rotatable bonds is 3. The third-order valence-corrected chi connectivity index (χ3v) is 4.16. The number of fused-ring (bicyclic) bond motifs is 1. The number of H-pyrrole nitrogens is 1. The molecule has 7 nitrogen and oxygen atoms in total. The number of amides is 2. The maximum Gasteiger partial charge on any atom is 0.232 e. The zero-order valence-electron chi connectivity index (χ0n) is 12.7. The minimum atomic E-state index is -0.209. The maximum atomic E-state index is 12.0. The lowest BCUT2D eigenvalue weighted by atomic mass is 10.1. The largest absolute Gasteiger partial charge is 0.282 e. The number of imide groups is 1. The van der Waals surface area contributed by atoms with Crippen LogP contribution in [0.15, 0.2) is 0 Å². The van der Waals surface area contributed by atoms with E-state index in [1.165, 1.54) is 4.90 Å². The summed E-state index contributed by atoms with van der Waals surface area (Å²) in [6.45, 7) is 8.01. The van der Waals surface area contributed by atoms with Crippen molar-refractivity contribution >= 4 is 17.5 Å². The molecule has 21 heavy (non-hydrogen) atoms. The van der Waals surface area contributed by atoms with Crippen molar-refractivity contribution in [1.82, 2.24) is 24.7 Å². The van der Waals surface area contributed by atoms with Gasteiger partial charge in [-0.2, -0.15) is 4.63 Å². The van der Waals surface area contributed by atoms with Gasteiger partial charge in [0.2, 0.25) is 11.8 Å². The number of aromatic nitrogens is 4. The van der Waals surface area contributed by atoms with Crippen molar-refractivity contribution in [3.05, 3.63) is 17.1 Å². The molecule has 2 amide bonds. The summed E-state index contributed by atoms with van der Waals surface area (Å²) in [6, 6.07) is 0. The van der Waals surface area contributed by atoms with Crippen LogP contribution in [-0.4, -0.2) is 43.1 Å². The molecule has 1 aliphatic rings. The number of hydrogen-bond acceptors (Lipinski definition) is 4. The number of nitrogens with zero attached hydrogens (tertiary/aromatic N) is 4. The Morgan fingerprint density at radius 3 is 2.67 bits per heavy atom. The maximum absolute atomic E-state index is 12.0. The summed E-state index contributed by atoms with van der Waals surface area (Å²) in [5.74, 6) is 0.152. The average Bonchev–Trinajstić information content (AvgIpc) is 3.02. The second kappa shape index (κ2) is 4.68. The van der Waals surface area contributed by atoms with E-state index in [9.17, 15) is 9.59 Å². The number of aromatic amines is 1. The van der Waals surface area contributed by atoms with Crippen LogP contribution in [0, 0.1) is 19.8 Å². The van der Waals surface area contributed by atoms with E-state index in [1.807, 2.05) is 20.8 Å². The first-order valence-electron chi connectivity index (χ1n) is 7.14. The van der Waals surface area contributed by atoms with E-state index in [1.54, 1.807) is 11.6 Å². The molecule has 0 radical (unpaired) electrons. The van der Waals surface area contributed by atoms with Gasteiger partial charge >= 0.3 is 0 Å². The number of likely N-dealkylation sites (tertiary alicyclic amines) is 1. The van der Waals surface area contributed by atoms with Crippen molar-refractivity contribution in [2.45, 2.75) is 40.0 Å². The molecule has 112 valence electrons. The lowest BCUT2D eigenvalue weighted by molar-refractivity contribution is -0.139. The van der Waals surface area contributed by atoms with Crippen molar-refractivity contribution in [2.24, 2.45) is 5.92 Å². The summed E-state index contributed by atoms with van der Waals surface area (Å²) in [5, 5.41) is 7.52. The Morgan fingerprint density at radius 1 is 1.38 bits per heavy atom. The Balaban J connectivity index is 1.82. The fourth-order valence-corrected chi connectivity index (χ4v) is 2.66. The highest BCUT2D eigenvalue weighted by atomic mass is 16.2. The van der Waals surface area contributed by atoms with Crippen molar-refractivity contribution in [3.63, 3.8) is 0 Å². The fourth-order valence-electron chi connectivity index (χ4n) is 2.66. The lowest BCUT2D eigenvalue weighted by Gasteiger charge is -2.17. The Morgan fingerprint density at radius 2 is 2.10 bits per heavy atom. The SMILES string of the molecule is Cc1[nH]n2nc(C(C)CN3C(=O)CC(C)C3=O)nc2c1C. The fraction of sp³-hybridized carbons (Fsp3) is 0.571. The van der Waals surface area contributed by atoms with Crippen LogP contribution >= 0.6 is 0 Å². The molecule has 2 aromatic heterocycles. The Hall–Kier alpha value is -2.18. The van der Waals surface area contributed by atoms with Gasteiger partial charge in [0.05, 0.1) is 0 Å². The van der Waals surface area contributed by atoms with E-state index in [0.717, 1.165) is 16.9 Å². The van der Waals surface area contributed by atoms with Crippen LogP contribution in [0.1, 0.15) is 43.3 Å². The molecule has 0 spiro atoms. The molecule has 1 aliphatic heterocycles. The van der Waals surface area contributed by atoms with E-state index in [2.05, 4.69) is 15.2 Å². The number of aryl methyl sites for hydroxylation is 2. The molecule has 1 N–H and O–H groups in total. The highest BCUT2D eigenvalue weighted by Gasteiger charge is 2.36. The highest BCUT2D eigenvalue weighted by molar-refractivity contribution is 6.03. The standard InChI is InChI=1S/C14H19N5O2/c1-7-5-11(20)18(14(7)21)6-8(2)12-15-13-9(3)10(4)16-19(13)17-12/h7-8,16H,5-6H2,1-4H3. The van der Waals surface area contributed by atoms with Gasteiger partial charge in [-0.15, -0.1) is 5.10 Å². The third-order valence-electron chi connectivity index (χ3n) is 4.16. The van der Waals surface area contributed by atoms with Crippen LogP contribution in [0.25, 0.3) is 5.65 Å². The smallest absolute Gasteiger partial charge is 0.232 e. The zero-order chi connectivity index (χ0) is 15.3. The minimum Gasteiger partial charge on any atom is -0.282 e. The number of hydrogen-bond donors (Lipinski definition) is 1. The Labute approximate surface area is 122 Å². The first kappa shape index (κ1) is 13.8. The monoisotopic (exact) mass is 289 g/mol. The average molecular weight is 289 g/mol. The van der Waals surface area contributed by atoms with Gasteiger partial charge in [0.15, 0.2) is 11.5 Å². The second-order valence-electron chi connectivity index (χ2n) is 5.92. The van der Waals surface area contributed by atoms with Crippen LogP contribution in [0.3, 0.4) is 0 Å². The van der Waals surface area contributed by atoms with Gasteiger partial charge in [-0.1, -0.05) is 13.8 Å². The molecular formula is C14H19N5O2. The van der Waals surface area contributed by atoms with Crippen molar-refractivity contribution in [1.29, 1.82) is 0 Å². The molecule has 3 heterocycles. The molecule has 2 aromatic rings. The molecule has 3 rings (SSSR count). The molecule has 2 unspecified atom stereocenters. The van der Waals surface area contributed by atoms with E-state index >= 15 is 0 Å². The van der Waals surface area contributed by atoms with Crippen LogP contribution < -0.4 is 0 Å². The number of carbonyl (C=O) groups excluding carboxylic acids is 2. The first-order chi connectivity index (χ1) is 9.88. The lowest BCUT2D eigenvalue weighted by Crippen LogP contribution is -2.33. The van der Waals surface area contributed by atoms with Crippen LogP contribution in [0.5, 0.6) is 0 Å². The predicted octanol–water partition coefficient (Wildman–Crippen LogP) is 1.17. The zero-order valence-corrected chi connectivity index (χ0v) is 12.7. The van der Waals surface area contributed by atoms with Crippen LogP contribution in [0.2, 0.25) is 0 Å². The summed E-state index contributed by atoms with van der Waals surface area (Å²) in [6.07, 6.45) is 0.307. The van der Waals surface area contributed by atoms with E-state index in [4.69, 9.17) is 0 Å². The van der Waals surface area contributed by atoms with Crippen LogP contribution in [-0.2, 0) is 9.59 Å². The molecule has 1 saturated heterocycles. The summed E-state index contributed by atoms with van der Waals surface area (Å²) in [4.78, 5) is 29.6. The van der Waals surface area contributed by atoms with Crippen molar-refractivity contribution in [2.75, 3.05) is 6.54 Å². The molecule has 0 saturated carbocycles. The van der Waals surface area contributed by atoms with Gasteiger partial charge in [-0.05, 0) is 13.8 Å². The molecular weight excluding hydrogens is 270 g/mol. The van der Waals surface area contributed by atoms with E-state index in [0.29, 0.717) is 18.8 Å².